The summed E-state index contributed by atoms with van der Waals surface area (Å²) in [5.74, 6) is 0.212. The first-order chi connectivity index (χ1) is 17.5. The van der Waals surface area contributed by atoms with Gasteiger partial charge < -0.3 is 20.1 Å². The van der Waals surface area contributed by atoms with E-state index in [0.717, 1.165) is 11.1 Å². The average Bonchev–Trinajstić information content (AvgIpc) is 2.90. The molecule has 36 heavy (non-hydrogen) atoms. The molecule has 1 aliphatic rings. The van der Waals surface area contributed by atoms with Gasteiger partial charge in [-0.15, -0.1) is 0 Å². The molecule has 0 radical (unpaired) electrons. The van der Waals surface area contributed by atoms with Crippen LogP contribution in [0.1, 0.15) is 24.2 Å². The summed E-state index contributed by atoms with van der Waals surface area (Å²) in [4.78, 5) is 28.4. The van der Waals surface area contributed by atoms with Crippen LogP contribution >= 0.6 is 0 Å². The number of benzene rings is 3. The highest BCUT2D eigenvalue weighted by Gasteiger charge is 2.30. The van der Waals surface area contributed by atoms with Gasteiger partial charge in [0, 0.05) is 24.3 Å². The van der Waals surface area contributed by atoms with E-state index in [1.54, 1.807) is 25.3 Å². The first kappa shape index (κ1) is 25.4. The molecule has 2 N–H and O–H groups in total. The number of anilines is 2. The van der Waals surface area contributed by atoms with Gasteiger partial charge in [-0.1, -0.05) is 56.3 Å². The molecule has 1 saturated heterocycles. The number of ether oxygens (including phenoxy) is 2. The molecular weight excluding hydrogens is 454 g/mol. The van der Waals surface area contributed by atoms with Gasteiger partial charge in [-0.2, -0.15) is 0 Å². The number of hydrogen-bond acceptors (Lipinski definition) is 5. The monoisotopic (exact) mass is 487 g/mol. The highest BCUT2D eigenvalue weighted by molar-refractivity contribution is 6.06. The lowest BCUT2D eigenvalue weighted by Gasteiger charge is -2.35. The van der Waals surface area contributed by atoms with E-state index in [4.69, 9.17) is 9.47 Å². The zero-order valence-electron chi connectivity index (χ0n) is 21.0. The molecule has 1 aliphatic heterocycles. The highest BCUT2D eigenvalue weighted by atomic mass is 16.5. The van der Waals surface area contributed by atoms with Crippen LogP contribution in [0, 0.1) is 5.92 Å². The normalized spacial score (nSPS) is 14.8. The van der Waals surface area contributed by atoms with E-state index in [2.05, 4.69) is 15.5 Å². The molecule has 0 aromatic heterocycles. The molecule has 2 amide bonds. The molecule has 1 fully saturated rings. The van der Waals surface area contributed by atoms with Crippen LogP contribution in [0.2, 0.25) is 0 Å². The number of amides is 2. The molecule has 1 heterocycles. The van der Waals surface area contributed by atoms with Crippen molar-refractivity contribution >= 4 is 23.2 Å². The van der Waals surface area contributed by atoms with Crippen LogP contribution in [0.15, 0.2) is 72.8 Å². The van der Waals surface area contributed by atoms with Crippen molar-refractivity contribution in [2.45, 2.75) is 19.9 Å². The van der Waals surface area contributed by atoms with E-state index in [9.17, 15) is 9.59 Å². The van der Waals surface area contributed by atoms with Crippen LogP contribution in [0.5, 0.6) is 5.75 Å². The van der Waals surface area contributed by atoms with Crippen LogP contribution < -0.4 is 15.4 Å². The first-order valence-electron chi connectivity index (χ1n) is 12.2. The second-order valence-electron chi connectivity index (χ2n) is 9.14. The quantitative estimate of drug-likeness (QED) is 0.472. The molecule has 188 valence electrons. The summed E-state index contributed by atoms with van der Waals surface area (Å²) in [6.45, 7) is 6.70. The highest BCUT2D eigenvalue weighted by Crippen LogP contribution is 2.28. The summed E-state index contributed by atoms with van der Waals surface area (Å²) >= 11 is 0. The molecule has 0 bridgehead atoms. The molecule has 3 aromatic rings. The van der Waals surface area contributed by atoms with E-state index in [1.807, 2.05) is 68.4 Å². The minimum atomic E-state index is -0.306. The fraction of sp³-hybridized carbons (Fsp3) is 0.310. The Hall–Kier alpha value is -3.68. The second kappa shape index (κ2) is 11.8. The topological polar surface area (TPSA) is 79.9 Å². The van der Waals surface area contributed by atoms with Crippen LogP contribution in [-0.2, 0) is 9.53 Å². The Kier molecular flexibility index (Phi) is 8.36. The van der Waals surface area contributed by atoms with Crippen molar-refractivity contribution in [1.82, 2.24) is 4.90 Å². The van der Waals surface area contributed by atoms with Crippen molar-refractivity contribution in [2.75, 3.05) is 44.0 Å². The molecule has 3 aromatic carbocycles. The molecule has 0 aliphatic carbocycles. The number of nitrogens with zero attached hydrogens (tertiary/aromatic N) is 1. The van der Waals surface area contributed by atoms with Crippen LogP contribution in [0.25, 0.3) is 11.1 Å². The second-order valence-corrected chi connectivity index (χ2v) is 9.14. The van der Waals surface area contributed by atoms with Crippen LogP contribution in [0.3, 0.4) is 0 Å². The maximum absolute atomic E-state index is 13.3. The van der Waals surface area contributed by atoms with Crippen molar-refractivity contribution < 1.29 is 19.1 Å². The Morgan fingerprint density at radius 3 is 2.19 bits per heavy atom. The van der Waals surface area contributed by atoms with E-state index >= 15 is 0 Å². The fourth-order valence-electron chi connectivity index (χ4n) is 4.48. The molecule has 0 saturated carbocycles. The third-order valence-electron chi connectivity index (χ3n) is 6.31. The predicted molar refractivity (Wildman–Crippen MR) is 142 cm³/mol. The minimum Gasteiger partial charge on any atom is -0.495 e. The van der Waals surface area contributed by atoms with Crippen molar-refractivity contribution in [3.63, 3.8) is 0 Å². The standard InChI is InChI=1S/C29H33N3O4/c1-20(2)27(32-15-17-36-18-16-32)29(34)31-25-19-23(11-14-26(25)35-3)28(33)30-24-12-9-22(10-13-24)21-7-5-4-6-8-21/h4-14,19-20,27H,15-18H2,1-3H3,(H,30,33)(H,31,34)/t27-/m1/s1. The van der Waals surface area contributed by atoms with Crippen LogP contribution in [0.4, 0.5) is 11.4 Å². The van der Waals surface area contributed by atoms with Gasteiger partial charge in [-0.3, -0.25) is 14.5 Å². The third-order valence-corrected chi connectivity index (χ3v) is 6.31. The largest absolute Gasteiger partial charge is 0.495 e. The lowest BCUT2D eigenvalue weighted by molar-refractivity contribution is -0.124. The predicted octanol–water partition coefficient (Wildman–Crippen LogP) is 4.91. The fourth-order valence-corrected chi connectivity index (χ4v) is 4.48. The van der Waals surface area contributed by atoms with Gasteiger partial charge in [0.1, 0.15) is 5.75 Å². The number of carbonyl (C=O) groups is 2. The Bertz CT molecular complexity index is 1170. The summed E-state index contributed by atoms with van der Waals surface area (Å²) < 4.78 is 10.9. The minimum absolute atomic E-state index is 0.111. The zero-order valence-corrected chi connectivity index (χ0v) is 21.0. The Balaban J connectivity index is 1.48. The number of hydrogen-bond donors (Lipinski definition) is 2. The van der Waals surface area contributed by atoms with Gasteiger partial charge in [-0.25, -0.2) is 0 Å². The molecule has 1 atom stereocenters. The Morgan fingerprint density at radius 1 is 0.889 bits per heavy atom. The van der Waals surface area contributed by atoms with E-state index in [-0.39, 0.29) is 23.8 Å². The molecule has 4 rings (SSSR count). The lowest BCUT2D eigenvalue weighted by atomic mass is 10.0. The van der Waals surface area contributed by atoms with Gasteiger partial charge >= 0.3 is 0 Å². The van der Waals surface area contributed by atoms with Gasteiger partial charge in [0.25, 0.3) is 5.91 Å². The zero-order chi connectivity index (χ0) is 25.5. The number of methoxy groups -OCH3 is 1. The van der Waals surface area contributed by atoms with Crippen LogP contribution in [-0.4, -0.2) is 56.2 Å². The first-order valence-corrected chi connectivity index (χ1v) is 12.2. The van der Waals surface area contributed by atoms with Gasteiger partial charge in [0.15, 0.2) is 0 Å². The number of morpholine rings is 1. The van der Waals surface area contributed by atoms with Gasteiger partial charge in [0.2, 0.25) is 5.91 Å². The lowest BCUT2D eigenvalue weighted by Crippen LogP contribution is -2.51. The molecule has 7 heteroatoms. The van der Waals surface area contributed by atoms with Gasteiger partial charge in [-0.05, 0) is 47.4 Å². The summed E-state index contributed by atoms with van der Waals surface area (Å²) in [6, 6.07) is 22.5. The number of carbonyl (C=O) groups excluding carboxylic acids is 2. The molecule has 7 nitrogen and oxygen atoms in total. The smallest absolute Gasteiger partial charge is 0.255 e. The van der Waals surface area contributed by atoms with Crippen molar-refractivity contribution in [1.29, 1.82) is 0 Å². The molecule has 0 unspecified atom stereocenters. The summed E-state index contributed by atoms with van der Waals surface area (Å²) in [5.41, 5.74) is 3.76. The average molecular weight is 488 g/mol. The summed E-state index contributed by atoms with van der Waals surface area (Å²) in [6.07, 6.45) is 0. The summed E-state index contributed by atoms with van der Waals surface area (Å²) in [7, 11) is 1.54. The van der Waals surface area contributed by atoms with E-state index < -0.39 is 0 Å². The maximum atomic E-state index is 13.3. The van der Waals surface area contributed by atoms with Crippen molar-refractivity contribution in [2.24, 2.45) is 5.92 Å². The van der Waals surface area contributed by atoms with Crippen molar-refractivity contribution in [3.8, 4) is 16.9 Å². The molecular formula is C29H33N3O4. The Morgan fingerprint density at radius 2 is 1.56 bits per heavy atom. The van der Waals surface area contributed by atoms with E-state index in [1.165, 1.54) is 0 Å². The number of rotatable bonds is 8. The Labute approximate surface area is 212 Å². The maximum Gasteiger partial charge on any atom is 0.255 e. The van der Waals surface area contributed by atoms with Gasteiger partial charge in [0.05, 0.1) is 32.1 Å². The SMILES string of the molecule is COc1ccc(C(=O)Nc2ccc(-c3ccccc3)cc2)cc1NC(=O)[C@@H](C(C)C)N1CCOCC1. The summed E-state index contributed by atoms with van der Waals surface area (Å²) in [5, 5.41) is 5.93. The molecule has 0 spiro atoms. The van der Waals surface area contributed by atoms with E-state index in [0.29, 0.717) is 49.0 Å². The number of nitrogens with one attached hydrogen (secondary N) is 2. The third kappa shape index (κ3) is 6.11. The van der Waals surface area contributed by atoms with Crippen molar-refractivity contribution in [3.05, 3.63) is 78.4 Å².